The molecule has 1 amide bonds. The molecule has 0 saturated carbocycles. The van der Waals surface area contributed by atoms with Gasteiger partial charge in [0.1, 0.15) is 6.04 Å². The highest BCUT2D eigenvalue weighted by molar-refractivity contribution is 5.93. The van der Waals surface area contributed by atoms with E-state index in [0.29, 0.717) is 17.7 Å². The van der Waals surface area contributed by atoms with Gasteiger partial charge in [0, 0.05) is 12.1 Å². The topological polar surface area (TPSA) is 55.1 Å². The number of hydrogen-bond donors (Lipinski definition) is 2. The number of rotatable bonds is 3. The molecule has 104 valence electrons. The number of benzene rings is 1. The van der Waals surface area contributed by atoms with E-state index < -0.39 is 18.4 Å². The van der Waals surface area contributed by atoms with Crippen LogP contribution in [-0.2, 0) is 11.2 Å². The van der Waals surface area contributed by atoms with Gasteiger partial charge in [0.25, 0.3) is 0 Å². The first-order valence-corrected chi connectivity index (χ1v) is 5.66. The van der Waals surface area contributed by atoms with Crippen LogP contribution < -0.4 is 11.1 Å². The van der Waals surface area contributed by atoms with Crippen molar-refractivity contribution in [2.24, 2.45) is 5.73 Å². The fourth-order valence-corrected chi connectivity index (χ4v) is 1.95. The Morgan fingerprint density at radius 2 is 1.95 bits per heavy atom. The molecule has 1 atom stereocenters. The number of nitrogens with two attached hydrogens (primary N) is 1. The summed E-state index contributed by atoms with van der Waals surface area (Å²) < 4.78 is 50.9. The highest BCUT2D eigenvalue weighted by Gasteiger charge is 2.47. The Hall–Kier alpha value is -1.63. The van der Waals surface area contributed by atoms with Crippen LogP contribution in [0.25, 0.3) is 0 Å². The van der Waals surface area contributed by atoms with Gasteiger partial charge in [-0.3, -0.25) is 4.79 Å². The first-order valence-electron chi connectivity index (χ1n) is 5.66. The minimum atomic E-state index is -4.29. The number of hydrogen-bond acceptors (Lipinski definition) is 2. The van der Waals surface area contributed by atoms with E-state index in [1.54, 1.807) is 0 Å². The third kappa shape index (κ3) is 2.56. The molecule has 1 aliphatic heterocycles. The second-order valence-corrected chi connectivity index (χ2v) is 4.42. The molecule has 0 fully saturated rings. The van der Waals surface area contributed by atoms with Gasteiger partial charge < -0.3 is 11.1 Å². The predicted molar refractivity (Wildman–Crippen MR) is 61.3 cm³/mol. The van der Waals surface area contributed by atoms with Gasteiger partial charge in [-0.15, -0.1) is 0 Å². The Morgan fingerprint density at radius 3 is 2.58 bits per heavy atom. The van der Waals surface area contributed by atoms with Gasteiger partial charge in [-0.25, -0.2) is 8.78 Å². The van der Waals surface area contributed by atoms with E-state index in [-0.39, 0.29) is 17.9 Å². The lowest BCUT2D eigenvalue weighted by Crippen LogP contribution is -2.39. The Bertz CT molecular complexity index is 505. The maximum Gasteiger partial charge on any atom is 0.326 e. The molecule has 1 aliphatic rings. The van der Waals surface area contributed by atoms with Crippen molar-refractivity contribution in [3.8, 4) is 0 Å². The SMILES string of the molecule is NC(c1ccc2c(c1)CCC(=O)N2)C(F)(F)C(F)F. The lowest BCUT2D eigenvalue weighted by Gasteiger charge is -2.25. The van der Waals surface area contributed by atoms with Crippen LogP contribution in [-0.4, -0.2) is 18.3 Å². The molecule has 0 radical (unpaired) electrons. The molecule has 0 aromatic heterocycles. The summed E-state index contributed by atoms with van der Waals surface area (Å²) in [5.41, 5.74) is 6.28. The molecule has 0 bridgehead atoms. The van der Waals surface area contributed by atoms with Crippen LogP contribution in [0.5, 0.6) is 0 Å². The second kappa shape index (κ2) is 4.80. The monoisotopic (exact) mass is 276 g/mol. The summed E-state index contributed by atoms with van der Waals surface area (Å²) in [5.74, 6) is -4.45. The Balaban J connectivity index is 2.30. The highest BCUT2D eigenvalue weighted by Crippen LogP contribution is 2.36. The van der Waals surface area contributed by atoms with Crippen LogP contribution in [0.15, 0.2) is 18.2 Å². The van der Waals surface area contributed by atoms with E-state index in [4.69, 9.17) is 5.73 Å². The van der Waals surface area contributed by atoms with Crippen LogP contribution >= 0.6 is 0 Å². The standard InChI is InChI=1S/C12H12F4N2O/c13-11(14)12(15,16)10(17)7-1-3-8-6(5-7)2-4-9(19)18-8/h1,3,5,10-11H,2,4,17H2,(H,18,19). The van der Waals surface area contributed by atoms with Crippen molar-refractivity contribution in [1.29, 1.82) is 0 Å². The Kier molecular flexibility index (Phi) is 3.49. The molecule has 1 unspecified atom stereocenters. The van der Waals surface area contributed by atoms with Gasteiger partial charge in [0.05, 0.1) is 0 Å². The first kappa shape index (κ1) is 13.8. The van der Waals surface area contributed by atoms with Crippen molar-refractivity contribution < 1.29 is 22.4 Å². The van der Waals surface area contributed by atoms with Gasteiger partial charge in [-0.05, 0) is 23.6 Å². The lowest BCUT2D eigenvalue weighted by atomic mass is 9.95. The summed E-state index contributed by atoms with van der Waals surface area (Å²) in [7, 11) is 0. The molecular weight excluding hydrogens is 264 g/mol. The normalized spacial score (nSPS) is 17.1. The summed E-state index contributed by atoms with van der Waals surface area (Å²) in [6.07, 6.45) is -3.21. The van der Waals surface area contributed by atoms with Crippen LogP contribution in [0.1, 0.15) is 23.6 Å². The largest absolute Gasteiger partial charge is 0.326 e. The van der Waals surface area contributed by atoms with Crippen molar-refractivity contribution in [2.75, 3.05) is 5.32 Å². The van der Waals surface area contributed by atoms with E-state index >= 15 is 0 Å². The van der Waals surface area contributed by atoms with E-state index in [2.05, 4.69) is 5.32 Å². The number of alkyl halides is 4. The summed E-state index contributed by atoms with van der Waals surface area (Å²) in [5, 5.41) is 2.57. The quantitative estimate of drug-likeness (QED) is 0.833. The maximum absolute atomic E-state index is 13.2. The van der Waals surface area contributed by atoms with Gasteiger partial charge in [0.2, 0.25) is 5.91 Å². The van der Waals surface area contributed by atoms with Crippen molar-refractivity contribution in [3.05, 3.63) is 29.3 Å². The molecule has 0 saturated heterocycles. The zero-order chi connectivity index (χ0) is 14.2. The van der Waals surface area contributed by atoms with Crippen molar-refractivity contribution >= 4 is 11.6 Å². The average Bonchev–Trinajstić information content (AvgIpc) is 2.37. The predicted octanol–water partition coefficient (Wildman–Crippen LogP) is 2.47. The number of carbonyl (C=O) groups is 1. The van der Waals surface area contributed by atoms with Crippen LogP contribution in [0, 0.1) is 0 Å². The zero-order valence-electron chi connectivity index (χ0n) is 9.80. The molecule has 3 N–H and O–H groups in total. The fourth-order valence-electron chi connectivity index (χ4n) is 1.95. The van der Waals surface area contributed by atoms with E-state index in [1.807, 2.05) is 0 Å². The summed E-state index contributed by atoms with van der Waals surface area (Å²) >= 11 is 0. The number of halogens is 4. The maximum atomic E-state index is 13.2. The van der Waals surface area contributed by atoms with Gasteiger partial charge in [0.15, 0.2) is 0 Å². The molecule has 3 nitrogen and oxygen atoms in total. The van der Waals surface area contributed by atoms with Crippen molar-refractivity contribution in [3.63, 3.8) is 0 Å². The average molecular weight is 276 g/mol. The molecule has 1 aromatic carbocycles. The van der Waals surface area contributed by atoms with Gasteiger partial charge in [-0.1, -0.05) is 12.1 Å². The second-order valence-electron chi connectivity index (χ2n) is 4.42. The van der Waals surface area contributed by atoms with Gasteiger partial charge >= 0.3 is 12.3 Å². The minimum Gasteiger partial charge on any atom is -0.326 e. The molecule has 2 rings (SSSR count). The molecular formula is C12H12F4N2O. The molecule has 0 spiro atoms. The van der Waals surface area contributed by atoms with E-state index in [0.717, 1.165) is 0 Å². The molecule has 7 heteroatoms. The molecule has 19 heavy (non-hydrogen) atoms. The number of aryl methyl sites for hydroxylation is 1. The summed E-state index contributed by atoms with van der Waals surface area (Å²) in [4.78, 5) is 11.1. The van der Waals surface area contributed by atoms with Gasteiger partial charge in [-0.2, -0.15) is 8.78 Å². The van der Waals surface area contributed by atoms with E-state index in [1.165, 1.54) is 18.2 Å². The molecule has 1 aromatic rings. The van der Waals surface area contributed by atoms with Crippen LogP contribution in [0.4, 0.5) is 23.2 Å². The fraction of sp³-hybridized carbons (Fsp3) is 0.417. The first-order chi connectivity index (χ1) is 8.82. The number of fused-ring (bicyclic) bond motifs is 1. The Morgan fingerprint density at radius 1 is 1.26 bits per heavy atom. The minimum absolute atomic E-state index is 0.0693. The third-order valence-electron chi connectivity index (χ3n) is 3.09. The number of amides is 1. The van der Waals surface area contributed by atoms with Crippen molar-refractivity contribution in [2.45, 2.75) is 31.2 Å². The zero-order valence-corrected chi connectivity index (χ0v) is 9.80. The van der Waals surface area contributed by atoms with E-state index in [9.17, 15) is 22.4 Å². The van der Waals surface area contributed by atoms with Crippen molar-refractivity contribution in [1.82, 2.24) is 0 Å². The summed E-state index contributed by atoms with van der Waals surface area (Å²) in [6, 6.07) is 1.90. The highest BCUT2D eigenvalue weighted by atomic mass is 19.3. The summed E-state index contributed by atoms with van der Waals surface area (Å²) in [6.45, 7) is 0. The lowest BCUT2D eigenvalue weighted by molar-refractivity contribution is -0.144. The van der Waals surface area contributed by atoms with Crippen LogP contribution in [0.3, 0.4) is 0 Å². The number of nitrogens with one attached hydrogen (secondary N) is 1. The third-order valence-corrected chi connectivity index (χ3v) is 3.09. The molecule has 1 heterocycles. The molecule has 0 aliphatic carbocycles. The number of carbonyl (C=O) groups excluding carboxylic acids is 1. The Labute approximate surface area is 106 Å². The van der Waals surface area contributed by atoms with Crippen LogP contribution in [0.2, 0.25) is 0 Å². The smallest absolute Gasteiger partial charge is 0.326 e. The number of anilines is 1.